The third-order valence-electron chi connectivity index (χ3n) is 5.34. The second-order valence-electron chi connectivity index (χ2n) is 9.92. The van der Waals surface area contributed by atoms with E-state index in [-0.39, 0.29) is 28.3 Å². The fourth-order valence-electron chi connectivity index (χ4n) is 3.82. The number of rotatable bonds is 3. The lowest BCUT2D eigenvalue weighted by Gasteiger charge is -2.33. The fourth-order valence-corrected chi connectivity index (χ4v) is 3.82. The van der Waals surface area contributed by atoms with Crippen LogP contribution >= 0.6 is 0 Å². The summed E-state index contributed by atoms with van der Waals surface area (Å²) in [5, 5.41) is 0. The summed E-state index contributed by atoms with van der Waals surface area (Å²) in [4.78, 5) is 24.9. The normalized spacial score (nSPS) is 20.6. The summed E-state index contributed by atoms with van der Waals surface area (Å²) in [6, 6.07) is 0. The highest BCUT2D eigenvalue weighted by Gasteiger charge is 2.35. The first-order valence-corrected chi connectivity index (χ1v) is 9.71. The predicted octanol–water partition coefficient (Wildman–Crippen LogP) is 6.00. The van der Waals surface area contributed by atoms with Crippen LogP contribution in [0.15, 0.2) is 46.6 Å². The van der Waals surface area contributed by atoms with Crippen molar-refractivity contribution in [3.05, 3.63) is 46.6 Å². The molecule has 0 fully saturated rings. The highest BCUT2D eigenvalue weighted by molar-refractivity contribution is 6.10. The molecular formula is C24H34O2. The summed E-state index contributed by atoms with van der Waals surface area (Å²) in [5.41, 5.74) is 3.28. The smallest absolute Gasteiger partial charge is 0.185 e. The SMILES string of the molecule is CC1=CC(CCC2C=C(C(C)(C)C)C(=O)C(C(C)(C)C)=C2)C=C(C)C1=O. The number of hydrogen-bond acceptors (Lipinski definition) is 2. The van der Waals surface area contributed by atoms with E-state index < -0.39 is 0 Å². The number of carbonyl (C=O) groups is 2. The van der Waals surface area contributed by atoms with Gasteiger partial charge in [-0.2, -0.15) is 0 Å². The summed E-state index contributed by atoms with van der Waals surface area (Å²) >= 11 is 0. The highest BCUT2D eigenvalue weighted by atomic mass is 16.1. The van der Waals surface area contributed by atoms with E-state index in [2.05, 4.69) is 65.8 Å². The molecule has 0 saturated heterocycles. The first-order valence-electron chi connectivity index (χ1n) is 9.71. The van der Waals surface area contributed by atoms with Crippen molar-refractivity contribution in [3.63, 3.8) is 0 Å². The fraction of sp³-hybridized carbons (Fsp3) is 0.583. The minimum atomic E-state index is -0.148. The lowest BCUT2D eigenvalue weighted by Crippen LogP contribution is -2.29. The van der Waals surface area contributed by atoms with Crippen LogP contribution in [-0.2, 0) is 9.59 Å². The maximum atomic E-state index is 13.0. The number of Topliss-reactive ketones (excluding diaryl/α,β-unsaturated/α-hetero) is 2. The third-order valence-corrected chi connectivity index (χ3v) is 5.34. The summed E-state index contributed by atoms with van der Waals surface area (Å²) in [6.45, 7) is 16.5. The minimum absolute atomic E-state index is 0.148. The summed E-state index contributed by atoms with van der Waals surface area (Å²) < 4.78 is 0. The molecule has 2 rings (SSSR count). The molecule has 0 amide bonds. The van der Waals surface area contributed by atoms with Gasteiger partial charge in [0.1, 0.15) is 0 Å². The molecule has 2 aliphatic carbocycles. The Morgan fingerprint density at radius 3 is 1.35 bits per heavy atom. The summed E-state index contributed by atoms with van der Waals surface area (Å²) in [6.07, 6.45) is 10.5. The molecule has 2 heteroatoms. The van der Waals surface area contributed by atoms with E-state index >= 15 is 0 Å². The van der Waals surface area contributed by atoms with Crippen LogP contribution in [0.4, 0.5) is 0 Å². The lowest BCUT2D eigenvalue weighted by atomic mass is 9.70. The van der Waals surface area contributed by atoms with Gasteiger partial charge in [-0.05, 0) is 60.5 Å². The zero-order valence-electron chi connectivity index (χ0n) is 17.7. The third kappa shape index (κ3) is 4.52. The second-order valence-corrected chi connectivity index (χ2v) is 9.92. The quantitative estimate of drug-likeness (QED) is 0.622. The number of carbonyl (C=O) groups excluding carboxylic acids is 2. The van der Waals surface area contributed by atoms with Crippen molar-refractivity contribution in [3.8, 4) is 0 Å². The molecule has 0 aromatic rings. The van der Waals surface area contributed by atoms with E-state index in [0.717, 1.165) is 35.1 Å². The van der Waals surface area contributed by atoms with E-state index in [0.29, 0.717) is 5.92 Å². The molecule has 0 spiro atoms. The largest absolute Gasteiger partial charge is 0.289 e. The Morgan fingerprint density at radius 1 is 0.654 bits per heavy atom. The Kier molecular flexibility index (Phi) is 5.66. The van der Waals surface area contributed by atoms with Crippen molar-refractivity contribution in [1.29, 1.82) is 0 Å². The van der Waals surface area contributed by atoms with Gasteiger partial charge in [-0.25, -0.2) is 0 Å². The van der Waals surface area contributed by atoms with Crippen molar-refractivity contribution in [2.75, 3.05) is 0 Å². The topological polar surface area (TPSA) is 34.1 Å². The molecule has 0 aliphatic heterocycles. The van der Waals surface area contributed by atoms with Crippen LogP contribution in [0.1, 0.15) is 68.2 Å². The van der Waals surface area contributed by atoms with Crippen LogP contribution in [0, 0.1) is 22.7 Å². The predicted molar refractivity (Wildman–Crippen MR) is 109 cm³/mol. The molecule has 0 bridgehead atoms. The van der Waals surface area contributed by atoms with Crippen molar-refractivity contribution >= 4 is 11.6 Å². The van der Waals surface area contributed by atoms with Gasteiger partial charge in [-0.1, -0.05) is 65.8 Å². The second kappa shape index (κ2) is 7.13. The molecule has 0 atom stereocenters. The van der Waals surface area contributed by atoms with Gasteiger partial charge in [0.25, 0.3) is 0 Å². The van der Waals surface area contributed by atoms with Gasteiger partial charge < -0.3 is 0 Å². The van der Waals surface area contributed by atoms with Crippen LogP contribution < -0.4 is 0 Å². The number of hydrogen-bond donors (Lipinski definition) is 0. The highest BCUT2D eigenvalue weighted by Crippen LogP contribution is 2.40. The maximum absolute atomic E-state index is 13.0. The first kappa shape index (κ1) is 20.6. The van der Waals surface area contributed by atoms with E-state index in [1.54, 1.807) is 0 Å². The van der Waals surface area contributed by atoms with Crippen LogP contribution in [0.3, 0.4) is 0 Å². The molecule has 0 N–H and O–H groups in total. The molecule has 26 heavy (non-hydrogen) atoms. The van der Waals surface area contributed by atoms with Gasteiger partial charge in [-0.3, -0.25) is 9.59 Å². The molecule has 0 aromatic heterocycles. The lowest BCUT2D eigenvalue weighted by molar-refractivity contribution is -0.114. The van der Waals surface area contributed by atoms with Crippen molar-refractivity contribution < 1.29 is 9.59 Å². The molecule has 0 radical (unpaired) electrons. The zero-order valence-corrected chi connectivity index (χ0v) is 17.7. The van der Waals surface area contributed by atoms with Crippen LogP contribution in [0.25, 0.3) is 0 Å². The molecule has 142 valence electrons. The average Bonchev–Trinajstić information content (AvgIpc) is 2.49. The Labute approximate surface area is 159 Å². The van der Waals surface area contributed by atoms with E-state index in [4.69, 9.17) is 0 Å². The Balaban J connectivity index is 2.24. The molecular weight excluding hydrogens is 320 g/mol. The van der Waals surface area contributed by atoms with Crippen LogP contribution in [0.2, 0.25) is 0 Å². The Bertz CT molecular complexity index is 671. The molecule has 0 unspecified atom stereocenters. The minimum Gasteiger partial charge on any atom is -0.289 e. The molecule has 0 aromatic carbocycles. The zero-order chi connectivity index (χ0) is 19.9. The van der Waals surface area contributed by atoms with E-state index in [1.165, 1.54) is 0 Å². The monoisotopic (exact) mass is 354 g/mol. The van der Waals surface area contributed by atoms with Gasteiger partial charge in [0.05, 0.1) is 0 Å². The summed E-state index contributed by atoms with van der Waals surface area (Å²) in [5.74, 6) is 0.949. The molecule has 2 aliphatic rings. The van der Waals surface area contributed by atoms with Gasteiger partial charge >= 0.3 is 0 Å². The van der Waals surface area contributed by atoms with Crippen molar-refractivity contribution in [1.82, 2.24) is 0 Å². The Hall–Kier alpha value is -1.70. The standard InChI is InChI=1S/C24H34O2/c1-15-11-17(12-16(2)21(15)25)9-10-18-13-19(23(3,4)5)22(26)20(14-18)24(6,7)8/h11-14,17-18H,9-10H2,1-8H3. The van der Waals surface area contributed by atoms with E-state index in [1.807, 2.05) is 13.8 Å². The van der Waals surface area contributed by atoms with Crippen LogP contribution in [0.5, 0.6) is 0 Å². The van der Waals surface area contributed by atoms with Gasteiger partial charge in [-0.15, -0.1) is 0 Å². The molecule has 0 saturated carbocycles. The molecule has 2 nitrogen and oxygen atoms in total. The molecule has 0 heterocycles. The first-order chi connectivity index (χ1) is 11.8. The van der Waals surface area contributed by atoms with E-state index in [9.17, 15) is 9.59 Å². The Morgan fingerprint density at radius 2 is 1.00 bits per heavy atom. The van der Waals surface area contributed by atoms with Crippen molar-refractivity contribution in [2.45, 2.75) is 68.2 Å². The van der Waals surface area contributed by atoms with Gasteiger partial charge in [0.2, 0.25) is 0 Å². The van der Waals surface area contributed by atoms with Crippen molar-refractivity contribution in [2.24, 2.45) is 22.7 Å². The average molecular weight is 355 g/mol. The van der Waals surface area contributed by atoms with Crippen LogP contribution in [-0.4, -0.2) is 11.6 Å². The maximum Gasteiger partial charge on any atom is 0.185 e. The number of ketones is 2. The van der Waals surface area contributed by atoms with Gasteiger partial charge in [0.15, 0.2) is 11.6 Å². The van der Waals surface area contributed by atoms with Gasteiger partial charge in [0, 0.05) is 11.1 Å². The number of allylic oxidation sites excluding steroid dienone is 8. The summed E-state index contributed by atoms with van der Waals surface area (Å²) in [7, 11) is 0.